The van der Waals surface area contributed by atoms with Crippen LogP contribution >= 0.6 is 11.6 Å². The minimum Gasteiger partial charge on any atom is -0.324 e. The van der Waals surface area contributed by atoms with Gasteiger partial charge in [0.1, 0.15) is 0 Å². The van der Waals surface area contributed by atoms with E-state index in [1.807, 2.05) is 12.1 Å². The highest BCUT2D eigenvalue weighted by atomic mass is 35.5. The molecule has 1 heterocycles. The molecule has 0 aliphatic carbocycles. The van der Waals surface area contributed by atoms with E-state index in [1.54, 1.807) is 12.4 Å². The van der Waals surface area contributed by atoms with Gasteiger partial charge in [0.25, 0.3) is 0 Å². The molecule has 0 bridgehead atoms. The number of hydrogen-bond acceptors (Lipinski definition) is 2. The Balaban J connectivity index is 1.96. The first-order valence-corrected chi connectivity index (χ1v) is 6.95. The first-order chi connectivity index (χ1) is 9.75. The molecule has 0 spiro atoms. The number of hydrogen-bond donors (Lipinski definition) is 1. The van der Waals surface area contributed by atoms with Crippen LogP contribution in [0.2, 0.25) is 5.02 Å². The van der Waals surface area contributed by atoms with Crippen molar-refractivity contribution in [3.63, 3.8) is 0 Å². The Hall–Kier alpha value is -1.90. The van der Waals surface area contributed by atoms with Crippen LogP contribution in [0.5, 0.6) is 0 Å². The van der Waals surface area contributed by atoms with Gasteiger partial charge in [-0.2, -0.15) is 0 Å². The summed E-state index contributed by atoms with van der Waals surface area (Å²) in [5.74, 6) is 0. The smallest absolute Gasteiger partial charge is 0.0637 e. The van der Waals surface area contributed by atoms with Crippen molar-refractivity contribution >= 4 is 22.4 Å². The average Bonchev–Trinajstić information content (AvgIpc) is 2.48. The lowest BCUT2D eigenvalue weighted by atomic mass is 9.96. The van der Waals surface area contributed by atoms with Gasteiger partial charge in [-0.15, -0.1) is 0 Å². The van der Waals surface area contributed by atoms with E-state index in [1.165, 1.54) is 16.3 Å². The predicted molar refractivity (Wildman–Crippen MR) is 83.8 cm³/mol. The summed E-state index contributed by atoms with van der Waals surface area (Å²) in [6.45, 7) is 0. The van der Waals surface area contributed by atoms with Crippen LogP contribution in [0.4, 0.5) is 0 Å². The molecule has 1 atom stereocenters. The zero-order valence-electron chi connectivity index (χ0n) is 11.0. The van der Waals surface area contributed by atoms with E-state index >= 15 is 0 Å². The Kier molecular flexibility index (Phi) is 3.68. The molecule has 100 valence electrons. The Bertz CT molecular complexity index is 734. The van der Waals surface area contributed by atoms with Crippen LogP contribution in [0.3, 0.4) is 0 Å². The quantitative estimate of drug-likeness (QED) is 0.784. The lowest BCUT2D eigenvalue weighted by Crippen LogP contribution is -2.14. The summed E-state index contributed by atoms with van der Waals surface area (Å²) in [4.78, 5) is 4.00. The average molecular weight is 283 g/mol. The van der Waals surface area contributed by atoms with Crippen LogP contribution in [0.1, 0.15) is 17.2 Å². The lowest BCUT2D eigenvalue weighted by Gasteiger charge is -2.15. The van der Waals surface area contributed by atoms with E-state index < -0.39 is 0 Å². The second kappa shape index (κ2) is 5.61. The van der Waals surface area contributed by atoms with E-state index in [4.69, 9.17) is 17.3 Å². The summed E-state index contributed by atoms with van der Waals surface area (Å²) in [6.07, 6.45) is 4.12. The fourth-order valence-corrected chi connectivity index (χ4v) is 2.76. The van der Waals surface area contributed by atoms with Gasteiger partial charge < -0.3 is 5.73 Å². The van der Waals surface area contributed by atoms with Gasteiger partial charge in [0, 0.05) is 18.4 Å². The standard InChI is InChI=1S/C17H15ClN2/c18-16-11-20-9-8-15(16)17(19)10-13-6-3-5-12-4-1-2-7-14(12)13/h1-9,11,17H,10,19H2. The minimum absolute atomic E-state index is 0.128. The molecule has 2 N–H and O–H groups in total. The van der Waals surface area contributed by atoms with Crippen molar-refractivity contribution in [2.75, 3.05) is 0 Å². The molecule has 2 aromatic carbocycles. The molecule has 0 saturated carbocycles. The van der Waals surface area contributed by atoms with Crippen molar-refractivity contribution in [1.82, 2.24) is 4.98 Å². The maximum absolute atomic E-state index is 6.31. The van der Waals surface area contributed by atoms with Crippen molar-refractivity contribution in [2.24, 2.45) is 5.73 Å². The molecule has 1 unspecified atom stereocenters. The minimum atomic E-state index is -0.128. The van der Waals surface area contributed by atoms with Gasteiger partial charge in [0.2, 0.25) is 0 Å². The van der Waals surface area contributed by atoms with Gasteiger partial charge in [0.15, 0.2) is 0 Å². The molecule has 0 fully saturated rings. The molecule has 0 radical (unpaired) electrons. The highest BCUT2D eigenvalue weighted by Gasteiger charge is 2.12. The molecule has 0 aliphatic rings. The molecule has 0 amide bonds. The van der Waals surface area contributed by atoms with Crippen molar-refractivity contribution < 1.29 is 0 Å². The molecule has 3 aromatic rings. The van der Waals surface area contributed by atoms with Crippen molar-refractivity contribution in [2.45, 2.75) is 12.5 Å². The normalized spacial score (nSPS) is 12.5. The van der Waals surface area contributed by atoms with E-state index in [0.29, 0.717) is 5.02 Å². The van der Waals surface area contributed by atoms with Gasteiger partial charge in [-0.05, 0) is 34.4 Å². The van der Waals surface area contributed by atoms with Gasteiger partial charge in [-0.3, -0.25) is 4.98 Å². The van der Waals surface area contributed by atoms with Crippen molar-refractivity contribution in [3.05, 3.63) is 77.1 Å². The van der Waals surface area contributed by atoms with E-state index in [-0.39, 0.29) is 6.04 Å². The zero-order valence-corrected chi connectivity index (χ0v) is 11.7. The summed E-state index contributed by atoms with van der Waals surface area (Å²) in [7, 11) is 0. The van der Waals surface area contributed by atoms with Gasteiger partial charge in [0.05, 0.1) is 5.02 Å². The SMILES string of the molecule is NC(Cc1cccc2ccccc12)c1ccncc1Cl. The maximum atomic E-state index is 6.31. The van der Waals surface area contributed by atoms with Crippen LogP contribution in [0.25, 0.3) is 10.8 Å². The summed E-state index contributed by atoms with van der Waals surface area (Å²) in [5, 5.41) is 3.11. The summed E-state index contributed by atoms with van der Waals surface area (Å²) in [6, 6.07) is 16.4. The van der Waals surface area contributed by atoms with Gasteiger partial charge >= 0.3 is 0 Å². The van der Waals surface area contributed by atoms with Gasteiger partial charge in [-0.1, -0.05) is 54.1 Å². The molecule has 1 aromatic heterocycles. The van der Waals surface area contributed by atoms with E-state index in [0.717, 1.165) is 12.0 Å². The Labute approximate surface area is 123 Å². The van der Waals surface area contributed by atoms with Crippen molar-refractivity contribution in [1.29, 1.82) is 0 Å². The molecule has 3 rings (SSSR count). The zero-order chi connectivity index (χ0) is 13.9. The second-order valence-corrected chi connectivity index (χ2v) is 5.25. The number of aromatic nitrogens is 1. The fourth-order valence-electron chi connectivity index (χ4n) is 2.50. The number of nitrogens with zero attached hydrogens (tertiary/aromatic N) is 1. The molecular weight excluding hydrogens is 268 g/mol. The first-order valence-electron chi connectivity index (χ1n) is 6.57. The number of pyridine rings is 1. The third kappa shape index (κ3) is 2.53. The number of nitrogens with two attached hydrogens (primary N) is 1. The predicted octanol–water partition coefficient (Wildman–Crippen LogP) is 4.13. The highest BCUT2D eigenvalue weighted by Crippen LogP contribution is 2.26. The molecule has 3 heteroatoms. The number of fused-ring (bicyclic) bond motifs is 1. The molecule has 2 nitrogen and oxygen atoms in total. The Morgan fingerprint density at radius 2 is 1.85 bits per heavy atom. The Morgan fingerprint density at radius 1 is 1.05 bits per heavy atom. The van der Waals surface area contributed by atoms with Crippen LogP contribution in [0.15, 0.2) is 60.9 Å². The van der Waals surface area contributed by atoms with Gasteiger partial charge in [-0.25, -0.2) is 0 Å². The van der Waals surface area contributed by atoms with Crippen LogP contribution in [-0.2, 0) is 6.42 Å². The van der Waals surface area contributed by atoms with Crippen LogP contribution < -0.4 is 5.73 Å². The summed E-state index contributed by atoms with van der Waals surface area (Å²) >= 11 is 6.16. The van der Waals surface area contributed by atoms with E-state index in [2.05, 4.69) is 41.4 Å². The van der Waals surface area contributed by atoms with E-state index in [9.17, 15) is 0 Å². The third-order valence-corrected chi connectivity index (χ3v) is 3.84. The topological polar surface area (TPSA) is 38.9 Å². The van der Waals surface area contributed by atoms with Crippen LogP contribution in [-0.4, -0.2) is 4.98 Å². The first kappa shape index (κ1) is 13.1. The summed E-state index contributed by atoms with van der Waals surface area (Å²) < 4.78 is 0. The molecule has 0 saturated heterocycles. The number of benzene rings is 2. The molecular formula is C17H15ClN2. The maximum Gasteiger partial charge on any atom is 0.0637 e. The van der Waals surface area contributed by atoms with Crippen molar-refractivity contribution in [3.8, 4) is 0 Å². The molecule has 0 aliphatic heterocycles. The monoisotopic (exact) mass is 282 g/mol. The second-order valence-electron chi connectivity index (χ2n) is 4.85. The molecule has 20 heavy (non-hydrogen) atoms. The highest BCUT2D eigenvalue weighted by molar-refractivity contribution is 6.31. The largest absolute Gasteiger partial charge is 0.324 e. The summed E-state index contributed by atoms with van der Waals surface area (Å²) in [5.41, 5.74) is 8.49. The lowest BCUT2D eigenvalue weighted by molar-refractivity contribution is 0.724. The Morgan fingerprint density at radius 3 is 2.70 bits per heavy atom. The number of rotatable bonds is 3. The third-order valence-electron chi connectivity index (χ3n) is 3.52. The number of halogens is 1. The fraction of sp³-hybridized carbons (Fsp3) is 0.118. The van der Waals surface area contributed by atoms with Crippen LogP contribution in [0, 0.1) is 0 Å².